The van der Waals surface area contributed by atoms with Crippen molar-refractivity contribution in [2.24, 2.45) is 0 Å². The summed E-state index contributed by atoms with van der Waals surface area (Å²) in [5, 5.41) is 6.28. The molecule has 1 aliphatic rings. The molecule has 1 aromatic heterocycles. The van der Waals surface area contributed by atoms with E-state index in [0.717, 1.165) is 11.4 Å². The average Bonchev–Trinajstić information content (AvgIpc) is 3.70. The van der Waals surface area contributed by atoms with Gasteiger partial charge in [0, 0.05) is 37.0 Å². The van der Waals surface area contributed by atoms with Crippen molar-refractivity contribution in [2.75, 3.05) is 5.32 Å². The third kappa shape index (κ3) is 6.33. The number of fused-ring (bicyclic) bond motifs is 6. The topological polar surface area (TPSA) is 12.0 Å². The second kappa shape index (κ2) is 13.7. The zero-order chi connectivity index (χ0) is 35.8. The maximum atomic E-state index is 3.58. The van der Waals surface area contributed by atoms with E-state index >= 15 is 0 Å². The molecular weight excluding hydrogens is 659 g/mol. The molecule has 2 heteroatoms. The molecule has 1 aliphatic carbocycles. The van der Waals surface area contributed by atoms with Crippen LogP contribution in [0.4, 0.5) is 11.4 Å². The van der Waals surface area contributed by atoms with Crippen LogP contribution >= 0.6 is 11.3 Å². The molecule has 10 rings (SSSR count). The van der Waals surface area contributed by atoms with Crippen molar-refractivity contribution in [3.8, 4) is 44.5 Å². The van der Waals surface area contributed by atoms with Gasteiger partial charge in [-0.15, -0.1) is 11.3 Å². The zero-order valence-corrected chi connectivity index (χ0v) is 30.7. The number of hydrogen-bond acceptors (Lipinski definition) is 2. The molecule has 1 nitrogen and oxygen atoms in total. The van der Waals surface area contributed by atoms with Gasteiger partial charge in [-0.3, -0.25) is 0 Å². The van der Waals surface area contributed by atoms with Gasteiger partial charge >= 0.3 is 0 Å². The lowest BCUT2D eigenvalue weighted by atomic mass is 9.82. The van der Waals surface area contributed by atoms with Crippen molar-refractivity contribution >= 4 is 42.9 Å². The minimum absolute atomic E-state index is 0.0286. The quantitative estimate of drug-likeness (QED) is 0.189. The highest BCUT2D eigenvalue weighted by atomic mass is 32.1. The molecule has 0 aliphatic heterocycles. The second-order valence-corrected chi connectivity index (χ2v) is 15.3. The van der Waals surface area contributed by atoms with Crippen LogP contribution < -0.4 is 5.32 Å². The first-order chi connectivity index (χ1) is 26.0. The highest BCUT2D eigenvalue weighted by molar-refractivity contribution is 7.25. The van der Waals surface area contributed by atoms with Crippen LogP contribution in [-0.2, 0) is 5.41 Å². The first kappa shape index (κ1) is 32.7. The molecule has 0 atom stereocenters. The normalized spacial score (nSPS) is 12.5. The van der Waals surface area contributed by atoms with Crippen molar-refractivity contribution in [1.29, 1.82) is 0 Å². The molecule has 0 radical (unpaired) electrons. The van der Waals surface area contributed by atoms with Crippen molar-refractivity contribution in [3.05, 3.63) is 205 Å². The van der Waals surface area contributed by atoms with E-state index in [9.17, 15) is 0 Å². The highest BCUT2D eigenvalue weighted by Crippen LogP contribution is 2.49. The highest BCUT2D eigenvalue weighted by Gasteiger charge is 2.35. The second-order valence-electron chi connectivity index (χ2n) is 14.3. The van der Waals surface area contributed by atoms with Crippen LogP contribution in [0.25, 0.3) is 64.7 Å². The molecule has 1 N–H and O–H groups in total. The van der Waals surface area contributed by atoms with Crippen LogP contribution in [0.2, 0.25) is 0 Å². The fraction of sp³-hybridized carbons (Fsp3) is 0.0588. The Balaban J connectivity index is 0.000000141. The van der Waals surface area contributed by atoms with E-state index in [-0.39, 0.29) is 5.41 Å². The summed E-state index contributed by atoms with van der Waals surface area (Å²) < 4.78 is 2.71. The Morgan fingerprint density at radius 2 is 0.849 bits per heavy atom. The largest absolute Gasteiger partial charge is 0.356 e. The summed E-state index contributed by atoms with van der Waals surface area (Å²) in [6, 6.07) is 69.5. The Kier molecular flexibility index (Phi) is 8.46. The van der Waals surface area contributed by atoms with E-state index in [1.807, 2.05) is 17.4 Å². The number of rotatable bonds is 5. The van der Waals surface area contributed by atoms with Gasteiger partial charge in [0.25, 0.3) is 0 Å². The van der Waals surface area contributed by atoms with E-state index in [2.05, 4.69) is 207 Å². The standard InChI is InChI=1S/C27H23N.C24H16S/c1-27(2)25-11-7-6-10-23(25)24-17-16-22(18-26(24)27)28-21-14-12-20(13-15-21)19-8-4-3-5-9-19;1-2-6-17(7-3-1)18-10-12-19(13-11-18)20-14-15-24-22(16-20)21-8-4-5-9-23(21)25-24/h3-18,28H,1-2H3;1-16H. The summed E-state index contributed by atoms with van der Waals surface area (Å²) in [6.45, 7) is 4.63. The van der Waals surface area contributed by atoms with Gasteiger partial charge in [-0.25, -0.2) is 0 Å². The molecule has 0 saturated carbocycles. The molecule has 0 saturated heterocycles. The fourth-order valence-corrected chi connectivity index (χ4v) is 8.80. The van der Waals surface area contributed by atoms with Crippen molar-refractivity contribution in [1.82, 2.24) is 0 Å². The maximum Gasteiger partial charge on any atom is 0.0387 e. The summed E-state index contributed by atoms with van der Waals surface area (Å²) in [7, 11) is 0. The van der Waals surface area contributed by atoms with E-state index in [1.54, 1.807) is 0 Å². The number of anilines is 2. The molecular formula is C51H39NS. The Morgan fingerprint density at radius 1 is 0.358 bits per heavy atom. The number of thiophene rings is 1. The molecule has 9 aromatic rings. The molecule has 8 aromatic carbocycles. The number of hydrogen-bond donors (Lipinski definition) is 1. The molecule has 0 fully saturated rings. The van der Waals surface area contributed by atoms with Crippen LogP contribution in [0.15, 0.2) is 194 Å². The van der Waals surface area contributed by atoms with Gasteiger partial charge in [0.2, 0.25) is 0 Å². The van der Waals surface area contributed by atoms with Gasteiger partial charge < -0.3 is 5.32 Å². The minimum Gasteiger partial charge on any atom is -0.356 e. The minimum atomic E-state index is 0.0286. The number of benzene rings is 8. The average molecular weight is 698 g/mol. The zero-order valence-electron chi connectivity index (χ0n) is 29.9. The lowest BCUT2D eigenvalue weighted by Gasteiger charge is -2.22. The summed E-state index contributed by atoms with van der Waals surface area (Å²) in [5.74, 6) is 0. The molecule has 0 spiro atoms. The van der Waals surface area contributed by atoms with Gasteiger partial charge in [-0.05, 0) is 98.1 Å². The SMILES string of the molecule is CC1(C)c2ccccc2-c2ccc(Nc3ccc(-c4ccccc4)cc3)cc21.c1ccc(-c2ccc(-c3ccc4sc5ccccc5c4c3)cc2)cc1. The maximum absolute atomic E-state index is 3.58. The third-order valence-corrected chi connectivity index (χ3v) is 11.7. The fourth-order valence-electron chi connectivity index (χ4n) is 7.72. The molecule has 0 amide bonds. The van der Waals surface area contributed by atoms with Gasteiger partial charge in [0.1, 0.15) is 0 Å². The Bertz CT molecular complexity index is 2690. The molecule has 53 heavy (non-hydrogen) atoms. The summed E-state index contributed by atoms with van der Waals surface area (Å²) in [6.07, 6.45) is 0. The van der Waals surface area contributed by atoms with E-state index in [4.69, 9.17) is 0 Å². The van der Waals surface area contributed by atoms with Crippen LogP contribution in [0.5, 0.6) is 0 Å². The smallest absolute Gasteiger partial charge is 0.0387 e. The first-order valence-corrected chi connectivity index (χ1v) is 19.1. The predicted octanol–water partition coefficient (Wildman–Crippen LogP) is 14.8. The monoisotopic (exact) mass is 697 g/mol. The van der Waals surface area contributed by atoms with Crippen LogP contribution in [0, 0.1) is 0 Å². The summed E-state index contributed by atoms with van der Waals surface area (Å²) in [4.78, 5) is 0. The van der Waals surface area contributed by atoms with Crippen molar-refractivity contribution in [2.45, 2.75) is 19.3 Å². The molecule has 0 unspecified atom stereocenters. The Labute approximate surface area is 315 Å². The molecule has 1 heterocycles. The van der Waals surface area contributed by atoms with Crippen LogP contribution in [0.1, 0.15) is 25.0 Å². The predicted molar refractivity (Wildman–Crippen MR) is 229 cm³/mol. The Morgan fingerprint density at radius 3 is 1.55 bits per heavy atom. The van der Waals surface area contributed by atoms with Crippen LogP contribution in [0.3, 0.4) is 0 Å². The summed E-state index contributed by atoms with van der Waals surface area (Å²) >= 11 is 1.87. The van der Waals surface area contributed by atoms with Crippen LogP contribution in [-0.4, -0.2) is 0 Å². The first-order valence-electron chi connectivity index (χ1n) is 18.3. The summed E-state index contributed by atoms with van der Waals surface area (Å²) in [5.41, 5.74) is 15.3. The van der Waals surface area contributed by atoms with Crippen molar-refractivity contribution in [3.63, 3.8) is 0 Å². The van der Waals surface area contributed by atoms with Gasteiger partial charge in [0.15, 0.2) is 0 Å². The molecule has 0 bridgehead atoms. The number of nitrogens with one attached hydrogen (secondary N) is 1. The lowest BCUT2D eigenvalue weighted by molar-refractivity contribution is 0.660. The molecule has 254 valence electrons. The third-order valence-electron chi connectivity index (χ3n) is 10.6. The van der Waals surface area contributed by atoms with E-state index in [0.29, 0.717) is 0 Å². The van der Waals surface area contributed by atoms with Gasteiger partial charge in [0.05, 0.1) is 0 Å². The van der Waals surface area contributed by atoms with Gasteiger partial charge in [-0.2, -0.15) is 0 Å². The van der Waals surface area contributed by atoms with E-state index in [1.165, 1.54) is 75.8 Å². The van der Waals surface area contributed by atoms with Crippen molar-refractivity contribution < 1.29 is 0 Å². The Hall–Kier alpha value is -6.22. The van der Waals surface area contributed by atoms with Gasteiger partial charge in [-0.1, -0.05) is 166 Å². The lowest BCUT2D eigenvalue weighted by Crippen LogP contribution is -2.15. The van der Waals surface area contributed by atoms with E-state index < -0.39 is 0 Å².